The van der Waals surface area contributed by atoms with Crippen molar-refractivity contribution in [2.24, 2.45) is 4.99 Å². The van der Waals surface area contributed by atoms with E-state index in [9.17, 15) is 4.79 Å². The Morgan fingerprint density at radius 2 is 2.00 bits per heavy atom. The summed E-state index contributed by atoms with van der Waals surface area (Å²) in [5, 5.41) is 8.72. The van der Waals surface area contributed by atoms with E-state index < -0.39 is 0 Å². The van der Waals surface area contributed by atoms with Gasteiger partial charge in [0.1, 0.15) is 6.54 Å². The van der Waals surface area contributed by atoms with Gasteiger partial charge in [0.15, 0.2) is 5.96 Å². The first-order valence-electron chi connectivity index (χ1n) is 10.5. The molecule has 8 heteroatoms. The van der Waals surface area contributed by atoms with Gasteiger partial charge in [-0.1, -0.05) is 0 Å². The van der Waals surface area contributed by atoms with Gasteiger partial charge < -0.3 is 15.5 Å². The molecule has 0 spiro atoms. The van der Waals surface area contributed by atoms with E-state index in [4.69, 9.17) is 0 Å². The van der Waals surface area contributed by atoms with Crippen LogP contribution in [0.25, 0.3) is 0 Å². The van der Waals surface area contributed by atoms with E-state index in [-0.39, 0.29) is 36.4 Å². The molecule has 1 aromatic heterocycles. The highest BCUT2D eigenvalue weighted by molar-refractivity contribution is 14.0. The number of fused-ring (bicyclic) bond motifs is 1. The molecule has 0 fully saturated rings. The maximum absolute atomic E-state index is 12.6. The third-order valence-electron chi connectivity index (χ3n) is 5.09. The highest BCUT2D eigenvalue weighted by atomic mass is 127. The monoisotopic (exact) mass is 535 g/mol. The van der Waals surface area contributed by atoms with Crippen LogP contribution in [-0.4, -0.2) is 66.5 Å². The molecule has 0 aromatic carbocycles. The molecule has 1 amide bonds. The van der Waals surface area contributed by atoms with Crippen LogP contribution < -0.4 is 10.6 Å². The molecular formula is C21H38IN5OS. The lowest BCUT2D eigenvalue weighted by Crippen LogP contribution is -2.42. The molecule has 0 radical (unpaired) electrons. The van der Waals surface area contributed by atoms with Crippen molar-refractivity contribution in [3.63, 3.8) is 0 Å². The van der Waals surface area contributed by atoms with E-state index in [1.807, 2.05) is 11.8 Å². The molecule has 0 saturated heterocycles. The minimum atomic E-state index is 0. The SMILES string of the molecule is CCNC(=NCC(=O)N1CCc2sccc2C1)NCCCN(C(C)C)C(C)C.I. The lowest BCUT2D eigenvalue weighted by atomic mass is 10.1. The number of guanidine groups is 1. The van der Waals surface area contributed by atoms with Gasteiger partial charge in [-0.25, -0.2) is 4.99 Å². The van der Waals surface area contributed by atoms with Crippen LogP contribution in [0.2, 0.25) is 0 Å². The van der Waals surface area contributed by atoms with Crippen molar-refractivity contribution in [3.05, 3.63) is 21.9 Å². The first kappa shape index (κ1) is 26.2. The molecule has 6 nitrogen and oxygen atoms in total. The van der Waals surface area contributed by atoms with Gasteiger partial charge >= 0.3 is 0 Å². The Balaban J connectivity index is 0.00000420. The van der Waals surface area contributed by atoms with E-state index >= 15 is 0 Å². The van der Waals surface area contributed by atoms with Crippen molar-refractivity contribution in [2.75, 3.05) is 32.7 Å². The van der Waals surface area contributed by atoms with Gasteiger partial charge in [0.25, 0.3) is 0 Å². The summed E-state index contributed by atoms with van der Waals surface area (Å²) in [4.78, 5) is 22.9. The number of aliphatic imine (C=N–C) groups is 1. The molecule has 1 aromatic rings. The van der Waals surface area contributed by atoms with Crippen LogP contribution in [0.4, 0.5) is 0 Å². The largest absolute Gasteiger partial charge is 0.357 e. The summed E-state index contributed by atoms with van der Waals surface area (Å²) in [7, 11) is 0. The van der Waals surface area contributed by atoms with Gasteiger partial charge in [-0.15, -0.1) is 35.3 Å². The first-order chi connectivity index (χ1) is 13.4. The second-order valence-corrected chi connectivity index (χ2v) is 8.84. The fourth-order valence-corrected chi connectivity index (χ4v) is 4.52. The molecule has 0 unspecified atom stereocenters. The van der Waals surface area contributed by atoms with E-state index in [1.54, 1.807) is 11.3 Å². The summed E-state index contributed by atoms with van der Waals surface area (Å²) in [5.74, 6) is 0.824. The van der Waals surface area contributed by atoms with Crippen LogP contribution in [0.1, 0.15) is 51.5 Å². The van der Waals surface area contributed by atoms with Crippen LogP contribution in [0.5, 0.6) is 0 Å². The molecule has 0 aliphatic carbocycles. The predicted octanol–water partition coefficient (Wildman–Crippen LogP) is 3.31. The minimum Gasteiger partial charge on any atom is -0.357 e. The Morgan fingerprint density at radius 3 is 2.66 bits per heavy atom. The molecule has 29 heavy (non-hydrogen) atoms. The lowest BCUT2D eigenvalue weighted by Gasteiger charge is -2.30. The molecule has 1 aliphatic heterocycles. The lowest BCUT2D eigenvalue weighted by molar-refractivity contribution is -0.130. The zero-order valence-corrected chi connectivity index (χ0v) is 21.7. The van der Waals surface area contributed by atoms with Gasteiger partial charge in [0.2, 0.25) is 5.91 Å². The zero-order chi connectivity index (χ0) is 20.5. The Labute approximate surface area is 197 Å². The molecule has 1 aliphatic rings. The van der Waals surface area contributed by atoms with Gasteiger partial charge in [0, 0.05) is 49.7 Å². The molecule has 2 heterocycles. The van der Waals surface area contributed by atoms with Crippen molar-refractivity contribution < 1.29 is 4.79 Å². The normalized spacial score (nSPS) is 14.2. The summed E-state index contributed by atoms with van der Waals surface area (Å²) in [6, 6.07) is 3.23. The summed E-state index contributed by atoms with van der Waals surface area (Å²) in [5.41, 5.74) is 1.29. The number of halogens is 1. The standard InChI is InChI=1S/C21H37N5OS.HI/c1-6-22-21(23-10-7-11-26(16(2)3)17(4)5)24-14-20(27)25-12-8-19-18(15-25)9-13-28-19;/h9,13,16-17H,6-8,10-12,14-15H2,1-5H3,(H2,22,23,24);1H. The summed E-state index contributed by atoms with van der Waals surface area (Å²) in [6.07, 6.45) is 2.00. The number of nitrogens with one attached hydrogen (secondary N) is 2. The number of rotatable bonds is 9. The molecule has 0 saturated carbocycles. The van der Waals surface area contributed by atoms with Crippen molar-refractivity contribution in [2.45, 2.75) is 66.1 Å². The van der Waals surface area contributed by atoms with Gasteiger partial charge in [-0.3, -0.25) is 9.69 Å². The Morgan fingerprint density at radius 1 is 1.28 bits per heavy atom. The Hall–Kier alpha value is -0.870. The number of nitrogens with zero attached hydrogens (tertiary/aromatic N) is 3. The van der Waals surface area contributed by atoms with Crippen LogP contribution in [0, 0.1) is 0 Å². The second-order valence-electron chi connectivity index (χ2n) is 7.84. The van der Waals surface area contributed by atoms with E-state index in [1.165, 1.54) is 10.4 Å². The van der Waals surface area contributed by atoms with Gasteiger partial charge in [-0.05, 0) is 64.5 Å². The highest BCUT2D eigenvalue weighted by Crippen LogP contribution is 2.23. The van der Waals surface area contributed by atoms with Crippen molar-refractivity contribution in [3.8, 4) is 0 Å². The van der Waals surface area contributed by atoms with Crippen LogP contribution in [0.3, 0.4) is 0 Å². The molecule has 2 rings (SSSR count). The van der Waals surface area contributed by atoms with Gasteiger partial charge in [0.05, 0.1) is 0 Å². The van der Waals surface area contributed by atoms with Crippen molar-refractivity contribution in [1.82, 2.24) is 20.4 Å². The zero-order valence-electron chi connectivity index (χ0n) is 18.5. The number of amides is 1. The number of thiophene rings is 1. The number of carbonyl (C=O) groups is 1. The molecular weight excluding hydrogens is 497 g/mol. The third-order valence-corrected chi connectivity index (χ3v) is 6.11. The van der Waals surface area contributed by atoms with Crippen LogP contribution >= 0.6 is 35.3 Å². The maximum Gasteiger partial charge on any atom is 0.244 e. The van der Waals surface area contributed by atoms with Crippen LogP contribution in [0.15, 0.2) is 16.4 Å². The molecule has 166 valence electrons. The summed E-state index contributed by atoms with van der Waals surface area (Å²) < 4.78 is 0. The molecule has 0 bridgehead atoms. The third kappa shape index (κ3) is 8.41. The average molecular weight is 536 g/mol. The minimum absolute atomic E-state index is 0. The fraction of sp³-hybridized carbons (Fsp3) is 0.714. The highest BCUT2D eigenvalue weighted by Gasteiger charge is 2.21. The summed E-state index contributed by atoms with van der Waals surface area (Å²) >= 11 is 1.79. The Kier molecular flexibility index (Phi) is 12.1. The van der Waals surface area contributed by atoms with E-state index in [2.05, 4.69) is 59.7 Å². The Bertz CT molecular complexity index is 639. The smallest absolute Gasteiger partial charge is 0.244 e. The summed E-state index contributed by atoms with van der Waals surface area (Å²) in [6.45, 7) is 15.4. The number of hydrogen-bond acceptors (Lipinski definition) is 4. The molecule has 0 atom stereocenters. The van der Waals surface area contributed by atoms with Gasteiger partial charge in [-0.2, -0.15) is 0 Å². The molecule has 2 N–H and O–H groups in total. The van der Waals surface area contributed by atoms with Crippen molar-refractivity contribution in [1.29, 1.82) is 0 Å². The number of hydrogen-bond donors (Lipinski definition) is 2. The predicted molar refractivity (Wildman–Crippen MR) is 134 cm³/mol. The van der Waals surface area contributed by atoms with Crippen molar-refractivity contribution >= 4 is 47.2 Å². The first-order valence-corrected chi connectivity index (χ1v) is 11.4. The topological polar surface area (TPSA) is 60.0 Å². The quantitative estimate of drug-likeness (QED) is 0.221. The van der Waals surface area contributed by atoms with Crippen LogP contribution in [-0.2, 0) is 17.8 Å². The van der Waals surface area contributed by atoms with E-state index in [0.717, 1.165) is 51.5 Å². The van der Waals surface area contributed by atoms with E-state index in [0.29, 0.717) is 12.1 Å². The maximum atomic E-state index is 12.6. The average Bonchev–Trinajstić information content (AvgIpc) is 3.12. The number of carbonyl (C=O) groups excluding carboxylic acids is 1. The fourth-order valence-electron chi connectivity index (χ4n) is 3.63. The second kappa shape index (κ2) is 13.4.